The molecule has 0 saturated carbocycles. The quantitative estimate of drug-likeness (QED) is 0.460. The summed E-state index contributed by atoms with van der Waals surface area (Å²) in [7, 11) is 0. The van der Waals surface area contributed by atoms with Crippen LogP contribution in [0.1, 0.15) is 16.7 Å². The van der Waals surface area contributed by atoms with E-state index in [2.05, 4.69) is 43.1 Å². The monoisotopic (exact) mass is 408 g/mol. The van der Waals surface area contributed by atoms with Crippen LogP contribution in [0.2, 0.25) is 0 Å². The number of rotatable bonds is 4. The second kappa shape index (κ2) is 7.25. The largest absolute Gasteiger partial charge is 0.486 e. The van der Waals surface area contributed by atoms with Crippen LogP contribution in [0.3, 0.4) is 0 Å². The summed E-state index contributed by atoms with van der Waals surface area (Å²) in [5.41, 5.74) is 2.13. The van der Waals surface area contributed by atoms with E-state index in [0.29, 0.717) is 11.3 Å². The Balaban J connectivity index is 2.23. The Kier molecular flexibility index (Phi) is 5.37. The van der Waals surface area contributed by atoms with E-state index in [1.165, 1.54) is 6.21 Å². The number of oxime groups is 1. The number of halogens is 2. The van der Waals surface area contributed by atoms with E-state index in [1.807, 2.05) is 18.2 Å². The van der Waals surface area contributed by atoms with Gasteiger partial charge in [-0.15, -0.1) is 0 Å². The van der Waals surface area contributed by atoms with Gasteiger partial charge in [0.2, 0.25) is 0 Å². The fourth-order valence-corrected chi connectivity index (χ4v) is 3.21. The highest BCUT2D eigenvalue weighted by Gasteiger charge is 2.10. The summed E-state index contributed by atoms with van der Waals surface area (Å²) < 4.78 is 7.22. The van der Waals surface area contributed by atoms with Crippen molar-refractivity contribution < 1.29 is 9.94 Å². The third kappa shape index (κ3) is 3.84. The number of ether oxygens (including phenoxy) is 1. The van der Waals surface area contributed by atoms with Gasteiger partial charge in [0, 0.05) is 5.56 Å². The molecular formula is C15H10Br2N2O2. The summed E-state index contributed by atoms with van der Waals surface area (Å²) in [5, 5.41) is 20.6. The Morgan fingerprint density at radius 1 is 1.24 bits per heavy atom. The summed E-state index contributed by atoms with van der Waals surface area (Å²) in [6.45, 7) is 0.286. The lowest BCUT2D eigenvalue weighted by Gasteiger charge is -2.12. The lowest BCUT2D eigenvalue weighted by molar-refractivity contribution is 0.302. The molecule has 0 radical (unpaired) electrons. The molecular weight excluding hydrogens is 400 g/mol. The highest BCUT2D eigenvalue weighted by Crippen LogP contribution is 2.35. The van der Waals surface area contributed by atoms with Gasteiger partial charge in [-0.05, 0) is 55.6 Å². The van der Waals surface area contributed by atoms with Crippen molar-refractivity contribution in [2.45, 2.75) is 6.61 Å². The summed E-state index contributed by atoms with van der Waals surface area (Å²) >= 11 is 6.83. The van der Waals surface area contributed by atoms with Crippen LogP contribution in [0.15, 0.2) is 50.5 Å². The van der Waals surface area contributed by atoms with Gasteiger partial charge in [-0.2, -0.15) is 5.26 Å². The van der Waals surface area contributed by atoms with Gasteiger partial charge in [0.15, 0.2) is 0 Å². The number of nitriles is 1. The topological polar surface area (TPSA) is 65.6 Å². The molecule has 0 unspecified atom stereocenters. The predicted octanol–water partition coefficient (Wildman–Crippen LogP) is 4.47. The molecule has 0 aromatic heterocycles. The molecule has 0 aliphatic carbocycles. The van der Waals surface area contributed by atoms with Crippen LogP contribution in [0.5, 0.6) is 5.75 Å². The lowest BCUT2D eigenvalue weighted by Crippen LogP contribution is -2.00. The Labute approximate surface area is 138 Å². The Hall–Kier alpha value is -1.84. The van der Waals surface area contributed by atoms with Gasteiger partial charge < -0.3 is 9.94 Å². The summed E-state index contributed by atoms with van der Waals surface area (Å²) in [6.07, 6.45) is 1.32. The molecule has 6 heteroatoms. The van der Waals surface area contributed by atoms with E-state index in [0.717, 1.165) is 20.1 Å². The molecule has 0 aliphatic heterocycles. The van der Waals surface area contributed by atoms with Gasteiger partial charge >= 0.3 is 0 Å². The van der Waals surface area contributed by atoms with Gasteiger partial charge in [-0.1, -0.05) is 23.4 Å². The summed E-state index contributed by atoms with van der Waals surface area (Å²) in [6, 6.07) is 13.0. The molecule has 0 spiro atoms. The first-order valence-corrected chi connectivity index (χ1v) is 7.51. The van der Waals surface area contributed by atoms with Crippen LogP contribution in [0, 0.1) is 11.3 Å². The number of benzene rings is 2. The number of hydrogen-bond acceptors (Lipinski definition) is 4. The zero-order valence-electron chi connectivity index (χ0n) is 10.8. The van der Waals surface area contributed by atoms with E-state index in [-0.39, 0.29) is 6.61 Å². The standard InChI is InChI=1S/C15H10Br2N2O2/c16-13-5-10(8-19-20)6-14(17)15(13)21-9-12-4-2-1-3-11(12)7-18/h1-6,8,20H,9H2/b19-8-. The summed E-state index contributed by atoms with van der Waals surface area (Å²) in [5.74, 6) is 0.623. The maximum atomic E-state index is 9.06. The molecule has 106 valence electrons. The second-order valence-corrected chi connectivity index (χ2v) is 5.82. The average Bonchev–Trinajstić information content (AvgIpc) is 2.47. The van der Waals surface area contributed by atoms with Crippen molar-refractivity contribution in [1.82, 2.24) is 0 Å². The normalized spacial score (nSPS) is 10.5. The molecule has 0 saturated heterocycles. The van der Waals surface area contributed by atoms with Crippen LogP contribution in [-0.2, 0) is 6.61 Å². The van der Waals surface area contributed by atoms with Crippen molar-refractivity contribution in [3.8, 4) is 11.8 Å². The Morgan fingerprint density at radius 2 is 1.90 bits per heavy atom. The molecule has 0 atom stereocenters. The Morgan fingerprint density at radius 3 is 2.52 bits per heavy atom. The van der Waals surface area contributed by atoms with Crippen molar-refractivity contribution in [1.29, 1.82) is 5.26 Å². The number of nitrogens with zero attached hydrogens (tertiary/aromatic N) is 2. The van der Waals surface area contributed by atoms with Crippen LogP contribution in [0.4, 0.5) is 0 Å². The van der Waals surface area contributed by atoms with Gasteiger partial charge in [-0.25, -0.2) is 0 Å². The molecule has 0 fully saturated rings. The van der Waals surface area contributed by atoms with Crippen LogP contribution in [-0.4, -0.2) is 11.4 Å². The molecule has 21 heavy (non-hydrogen) atoms. The van der Waals surface area contributed by atoms with E-state index >= 15 is 0 Å². The van der Waals surface area contributed by atoms with E-state index < -0.39 is 0 Å². The van der Waals surface area contributed by atoms with Crippen molar-refractivity contribution in [2.75, 3.05) is 0 Å². The minimum Gasteiger partial charge on any atom is -0.486 e. The smallest absolute Gasteiger partial charge is 0.148 e. The summed E-state index contributed by atoms with van der Waals surface area (Å²) in [4.78, 5) is 0. The molecule has 0 bridgehead atoms. The highest BCUT2D eigenvalue weighted by molar-refractivity contribution is 9.11. The van der Waals surface area contributed by atoms with E-state index in [1.54, 1.807) is 18.2 Å². The van der Waals surface area contributed by atoms with Crippen LogP contribution in [0.25, 0.3) is 0 Å². The highest BCUT2D eigenvalue weighted by atomic mass is 79.9. The zero-order chi connectivity index (χ0) is 15.2. The fraction of sp³-hybridized carbons (Fsp3) is 0.0667. The van der Waals surface area contributed by atoms with Crippen molar-refractivity contribution in [2.24, 2.45) is 5.16 Å². The first-order valence-electron chi connectivity index (χ1n) is 5.93. The third-order valence-corrected chi connectivity index (χ3v) is 3.92. The molecule has 2 aromatic carbocycles. The van der Waals surface area contributed by atoms with Crippen molar-refractivity contribution in [3.05, 3.63) is 62.0 Å². The fourth-order valence-electron chi connectivity index (χ4n) is 1.76. The zero-order valence-corrected chi connectivity index (χ0v) is 13.9. The van der Waals surface area contributed by atoms with Crippen LogP contribution < -0.4 is 4.74 Å². The van der Waals surface area contributed by atoms with Gasteiger partial charge in [0.05, 0.1) is 26.8 Å². The Bertz CT molecular complexity index is 701. The first-order chi connectivity index (χ1) is 10.2. The van der Waals surface area contributed by atoms with E-state index in [9.17, 15) is 0 Å². The molecule has 4 nitrogen and oxygen atoms in total. The molecule has 1 N–H and O–H groups in total. The van der Waals surface area contributed by atoms with Crippen LogP contribution >= 0.6 is 31.9 Å². The minimum absolute atomic E-state index is 0.286. The first kappa shape index (κ1) is 15.5. The molecule has 0 heterocycles. The predicted molar refractivity (Wildman–Crippen MR) is 86.7 cm³/mol. The van der Waals surface area contributed by atoms with Crippen molar-refractivity contribution in [3.63, 3.8) is 0 Å². The third-order valence-electron chi connectivity index (χ3n) is 2.74. The maximum Gasteiger partial charge on any atom is 0.148 e. The van der Waals surface area contributed by atoms with Gasteiger partial charge in [0.1, 0.15) is 12.4 Å². The minimum atomic E-state index is 0.286. The maximum absolute atomic E-state index is 9.06. The van der Waals surface area contributed by atoms with E-state index in [4.69, 9.17) is 15.2 Å². The van der Waals surface area contributed by atoms with Gasteiger partial charge in [0.25, 0.3) is 0 Å². The SMILES string of the molecule is N#Cc1ccccc1COc1c(Br)cc(/C=N\O)cc1Br. The molecule has 2 rings (SSSR count). The average molecular weight is 410 g/mol. The molecule has 0 amide bonds. The second-order valence-electron chi connectivity index (χ2n) is 4.12. The molecule has 2 aromatic rings. The molecule has 0 aliphatic rings. The lowest BCUT2D eigenvalue weighted by atomic mass is 10.1. The van der Waals surface area contributed by atoms with Crippen molar-refractivity contribution >= 4 is 38.1 Å². The van der Waals surface area contributed by atoms with Gasteiger partial charge in [-0.3, -0.25) is 0 Å². The number of hydrogen-bond donors (Lipinski definition) is 1.